The first-order valence-corrected chi connectivity index (χ1v) is 7.07. The smallest absolute Gasteiger partial charge is 0.335 e. The molecule has 1 heterocycles. The minimum atomic E-state index is -0.927. The number of fused-ring (bicyclic) bond motifs is 1. The van der Waals surface area contributed by atoms with Crippen LogP contribution in [0.25, 0.3) is 23.1 Å². The van der Waals surface area contributed by atoms with Crippen molar-refractivity contribution in [3.63, 3.8) is 0 Å². The van der Waals surface area contributed by atoms with Crippen molar-refractivity contribution in [1.29, 1.82) is 0 Å². The lowest BCUT2D eigenvalue weighted by molar-refractivity contribution is 0.0697. The largest absolute Gasteiger partial charge is 0.478 e. The van der Waals surface area contributed by atoms with Crippen LogP contribution in [0.4, 0.5) is 0 Å². The van der Waals surface area contributed by atoms with E-state index < -0.39 is 5.97 Å². The Morgan fingerprint density at radius 2 is 1.73 bits per heavy atom. The van der Waals surface area contributed by atoms with Crippen molar-refractivity contribution >= 4 is 40.6 Å². The van der Waals surface area contributed by atoms with Gasteiger partial charge in [0.2, 0.25) is 0 Å². The van der Waals surface area contributed by atoms with Gasteiger partial charge in [-0.15, -0.1) is 0 Å². The van der Waals surface area contributed by atoms with E-state index in [2.05, 4.69) is 4.98 Å². The Kier molecular flexibility index (Phi) is 3.90. The van der Waals surface area contributed by atoms with Gasteiger partial charge in [-0.2, -0.15) is 0 Å². The standard InChI is InChI=1S/C18H12ClNO2/c19-15-8-6-13-7-10-16(20-17(13)11-15)9-3-12-1-4-14(5-2-12)18(21)22/h1-11H,(H,21,22). The van der Waals surface area contributed by atoms with Crippen LogP contribution in [-0.2, 0) is 0 Å². The van der Waals surface area contributed by atoms with Crippen LogP contribution in [0.3, 0.4) is 0 Å². The lowest BCUT2D eigenvalue weighted by atomic mass is 10.1. The second-order valence-corrected chi connectivity index (χ2v) is 5.27. The Morgan fingerprint density at radius 3 is 2.45 bits per heavy atom. The topological polar surface area (TPSA) is 50.2 Å². The van der Waals surface area contributed by atoms with Crippen molar-refractivity contribution in [2.24, 2.45) is 0 Å². The molecule has 0 unspecified atom stereocenters. The van der Waals surface area contributed by atoms with E-state index in [0.717, 1.165) is 22.2 Å². The fourth-order valence-corrected chi connectivity index (χ4v) is 2.28. The molecule has 0 radical (unpaired) electrons. The maximum atomic E-state index is 10.8. The number of carbonyl (C=O) groups is 1. The minimum Gasteiger partial charge on any atom is -0.478 e. The van der Waals surface area contributed by atoms with Crippen LogP contribution >= 0.6 is 11.6 Å². The van der Waals surface area contributed by atoms with Crippen molar-refractivity contribution in [2.45, 2.75) is 0 Å². The summed E-state index contributed by atoms with van der Waals surface area (Å²) >= 11 is 5.98. The van der Waals surface area contributed by atoms with E-state index in [9.17, 15) is 4.79 Å². The fourth-order valence-electron chi connectivity index (χ4n) is 2.12. The van der Waals surface area contributed by atoms with Gasteiger partial charge in [-0.25, -0.2) is 9.78 Å². The number of halogens is 1. The number of aromatic carboxylic acids is 1. The zero-order chi connectivity index (χ0) is 15.5. The second kappa shape index (κ2) is 6.00. The van der Waals surface area contributed by atoms with Gasteiger partial charge in [0, 0.05) is 10.4 Å². The molecule has 108 valence electrons. The highest BCUT2D eigenvalue weighted by Crippen LogP contribution is 2.19. The van der Waals surface area contributed by atoms with Gasteiger partial charge in [-0.05, 0) is 42.0 Å². The molecule has 1 aromatic heterocycles. The normalized spacial score (nSPS) is 11.1. The number of aromatic nitrogens is 1. The monoisotopic (exact) mass is 309 g/mol. The van der Waals surface area contributed by atoms with Gasteiger partial charge in [0.15, 0.2) is 0 Å². The van der Waals surface area contributed by atoms with Gasteiger partial charge >= 0.3 is 5.97 Å². The summed E-state index contributed by atoms with van der Waals surface area (Å²) in [5.74, 6) is -0.927. The average molecular weight is 310 g/mol. The molecule has 3 rings (SSSR count). The third kappa shape index (κ3) is 3.15. The number of nitrogens with zero attached hydrogens (tertiary/aromatic N) is 1. The zero-order valence-electron chi connectivity index (χ0n) is 11.5. The predicted molar refractivity (Wildman–Crippen MR) is 89.1 cm³/mol. The summed E-state index contributed by atoms with van der Waals surface area (Å²) in [6.45, 7) is 0. The van der Waals surface area contributed by atoms with Crippen LogP contribution in [0.5, 0.6) is 0 Å². The van der Waals surface area contributed by atoms with Gasteiger partial charge in [-0.1, -0.05) is 41.9 Å². The molecule has 0 fully saturated rings. The Bertz CT molecular complexity index is 870. The highest BCUT2D eigenvalue weighted by Gasteiger charge is 2.00. The molecule has 0 saturated heterocycles. The van der Waals surface area contributed by atoms with Crippen molar-refractivity contribution in [3.8, 4) is 0 Å². The highest BCUT2D eigenvalue weighted by molar-refractivity contribution is 6.31. The van der Waals surface area contributed by atoms with E-state index in [4.69, 9.17) is 16.7 Å². The third-order valence-corrected chi connectivity index (χ3v) is 3.51. The Hall–Kier alpha value is -2.65. The quantitative estimate of drug-likeness (QED) is 0.759. The molecule has 0 saturated carbocycles. The van der Waals surface area contributed by atoms with Crippen LogP contribution in [0, 0.1) is 0 Å². The molecular weight excluding hydrogens is 298 g/mol. The molecule has 2 aromatic carbocycles. The minimum absolute atomic E-state index is 0.274. The van der Waals surface area contributed by atoms with Crippen molar-refractivity contribution < 1.29 is 9.90 Å². The first-order valence-electron chi connectivity index (χ1n) is 6.69. The summed E-state index contributed by atoms with van der Waals surface area (Å²) in [6, 6.07) is 16.2. The highest BCUT2D eigenvalue weighted by atomic mass is 35.5. The van der Waals surface area contributed by atoms with Gasteiger partial charge in [0.1, 0.15) is 0 Å². The third-order valence-electron chi connectivity index (χ3n) is 3.28. The summed E-state index contributed by atoms with van der Waals surface area (Å²) in [7, 11) is 0. The molecule has 0 spiro atoms. The van der Waals surface area contributed by atoms with E-state index in [0.29, 0.717) is 5.02 Å². The molecule has 0 atom stereocenters. The van der Waals surface area contributed by atoms with Crippen LogP contribution in [0.1, 0.15) is 21.6 Å². The molecule has 22 heavy (non-hydrogen) atoms. The number of pyridine rings is 1. The molecule has 3 nitrogen and oxygen atoms in total. The van der Waals surface area contributed by atoms with Gasteiger partial charge in [0.05, 0.1) is 16.8 Å². The Balaban J connectivity index is 1.86. The number of carboxylic acid groups (broad SMARTS) is 1. The van der Waals surface area contributed by atoms with Crippen LogP contribution < -0.4 is 0 Å². The molecule has 4 heteroatoms. The lowest BCUT2D eigenvalue weighted by Crippen LogP contribution is -1.94. The molecule has 3 aromatic rings. The maximum absolute atomic E-state index is 10.8. The van der Waals surface area contributed by atoms with Crippen molar-refractivity contribution in [2.75, 3.05) is 0 Å². The van der Waals surface area contributed by atoms with Crippen molar-refractivity contribution in [3.05, 3.63) is 76.4 Å². The van der Waals surface area contributed by atoms with Crippen LogP contribution in [-0.4, -0.2) is 16.1 Å². The lowest BCUT2D eigenvalue weighted by Gasteiger charge is -2.00. The van der Waals surface area contributed by atoms with Crippen LogP contribution in [0.2, 0.25) is 5.02 Å². The van der Waals surface area contributed by atoms with Gasteiger partial charge in [0.25, 0.3) is 0 Å². The molecule has 0 aliphatic heterocycles. The summed E-state index contributed by atoms with van der Waals surface area (Å²) in [6.07, 6.45) is 3.78. The van der Waals surface area contributed by atoms with E-state index in [-0.39, 0.29) is 5.56 Å². The number of rotatable bonds is 3. The first kappa shape index (κ1) is 14.3. The predicted octanol–water partition coefficient (Wildman–Crippen LogP) is 4.76. The van der Waals surface area contributed by atoms with E-state index in [1.165, 1.54) is 0 Å². The molecule has 1 N–H and O–H groups in total. The summed E-state index contributed by atoms with van der Waals surface area (Å²) in [5.41, 5.74) is 2.85. The van der Waals surface area contributed by atoms with E-state index in [1.807, 2.05) is 42.5 Å². The molecule has 0 aliphatic rings. The molecule has 0 aliphatic carbocycles. The van der Waals surface area contributed by atoms with Crippen LogP contribution in [0.15, 0.2) is 54.6 Å². The second-order valence-electron chi connectivity index (χ2n) is 4.83. The average Bonchev–Trinajstić information content (AvgIpc) is 2.53. The van der Waals surface area contributed by atoms with Gasteiger partial charge in [-0.3, -0.25) is 0 Å². The number of carboxylic acids is 1. The van der Waals surface area contributed by atoms with Crippen molar-refractivity contribution in [1.82, 2.24) is 4.98 Å². The van der Waals surface area contributed by atoms with Gasteiger partial charge < -0.3 is 5.11 Å². The number of hydrogen-bond donors (Lipinski definition) is 1. The summed E-state index contributed by atoms with van der Waals surface area (Å²) in [5, 5.41) is 10.6. The Morgan fingerprint density at radius 1 is 1.00 bits per heavy atom. The molecule has 0 amide bonds. The number of benzene rings is 2. The maximum Gasteiger partial charge on any atom is 0.335 e. The summed E-state index contributed by atoms with van der Waals surface area (Å²) < 4.78 is 0. The molecular formula is C18H12ClNO2. The first-order chi connectivity index (χ1) is 10.6. The van der Waals surface area contributed by atoms with E-state index >= 15 is 0 Å². The SMILES string of the molecule is O=C(O)c1ccc(C=Cc2ccc3ccc(Cl)cc3n2)cc1. The fraction of sp³-hybridized carbons (Fsp3) is 0. The van der Waals surface area contributed by atoms with E-state index in [1.54, 1.807) is 24.3 Å². The summed E-state index contributed by atoms with van der Waals surface area (Å²) in [4.78, 5) is 15.3. The molecule has 0 bridgehead atoms. The zero-order valence-corrected chi connectivity index (χ0v) is 12.3. The number of hydrogen-bond acceptors (Lipinski definition) is 2. The Labute approximate surface area is 132 Å².